The number of rotatable bonds is 6. The van der Waals surface area contributed by atoms with E-state index in [4.69, 9.17) is 14.2 Å². The molecule has 0 saturated heterocycles. The van der Waals surface area contributed by atoms with Crippen LogP contribution in [-0.2, 0) is 20.7 Å². The van der Waals surface area contributed by atoms with E-state index in [2.05, 4.69) is 5.32 Å². The zero-order chi connectivity index (χ0) is 20.1. The van der Waals surface area contributed by atoms with Crippen LogP contribution in [0.3, 0.4) is 0 Å². The summed E-state index contributed by atoms with van der Waals surface area (Å²) in [6.45, 7) is 0.204. The van der Waals surface area contributed by atoms with Crippen LogP contribution in [0, 0.1) is 15.9 Å². The maximum Gasteiger partial charge on any atom is 0.310 e. The lowest BCUT2D eigenvalue weighted by molar-refractivity contribution is -0.384. The predicted octanol–water partition coefficient (Wildman–Crippen LogP) is 2.23. The molecule has 0 unspecified atom stereocenters. The number of nitrogens with zero attached hydrogens (tertiary/aromatic N) is 1. The molecule has 0 bridgehead atoms. The third-order valence-corrected chi connectivity index (χ3v) is 3.75. The minimum Gasteiger partial charge on any atom is -0.486 e. The highest BCUT2D eigenvalue weighted by Gasteiger charge is 2.16. The summed E-state index contributed by atoms with van der Waals surface area (Å²) in [5.74, 6) is -1.24. The predicted molar refractivity (Wildman–Crippen MR) is 93.8 cm³/mol. The Bertz CT molecular complexity index is 932. The summed E-state index contributed by atoms with van der Waals surface area (Å²) in [5.41, 5.74) is -0.145. The van der Waals surface area contributed by atoms with Crippen LogP contribution in [0.5, 0.6) is 11.5 Å². The summed E-state index contributed by atoms with van der Waals surface area (Å²) < 4.78 is 29.3. The standard InChI is InChI=1S/C18H15FN2O7/c19-13-3-2-12(21(24)25)9-14(13)20-17(22)10-28-18(23)8-11-1-4-15-16(7-11)27-6-5-26-15/h1-4,7,9H,5-6,8,10H2,(H,20,22). The number of non-ortho nitro benzene ring substituents is 1. The first-order valence-corrected chi connectivity index (χ1v) is 8.20. The van der Waals surface area contributed by atoms with Crippen molar-refractivity contribution >= 4 is 23.3 Å². The molecular weight excluding hydrogens is 375 g/mol. The fraction of sp³-hybridized carbons (Fsp3) is 0.222. The van der Waals surface area contributed by atoms with Crippen molar-refractivity contribution in [3.8, 4) is 11.5 Å². The van der Waals surface area contributed by atoms with Gasteiger partial charge >= 0.3 is 5.97 Å². The smallest absolute Gasteiger partial charge is 0.310 e. The second-order valence-corrected chi connectivity index (χ2v) is 5.78. The van der Waals surface area contributed by atoms with Crippen LogP contribution in [0.25, 0.3) is 0 Å². The monoisotopic (exact) mass is 390 g/mol. The minimum absolute atomic E-state index is 0.102. The van der Waals surface area contributed by atoms with Gasteiger partial charge in [-0.2, -0.15) is 0 Å². The number of nitro groups is 1. The Morgan fingerprint density at radius 1 is 1.14 bits per heavy atom. The number of fused-ring (bicyclic) bond motifs is 1. The SMILES string of the molecule is O=C(COC(=O)Cc1ccc2c(c1)OCCO2)Nc1cc([N+](=O)[O-])ccc1F. The number of carbonyl (C=O) groups is 2. The highest BCUT2D eigenvalue weighted by Crippen LogP contribution is 2.30. The van der Waals surface area contributed by atoms with Crippen molar-refractivity contribution in [2.75, 3.05) is 25.1 Å². The number of anilines is 1. The molecule has 1 aliphatic rings. The average molecular weight is 390 g/mol. The number of ether oxygens (including phenoxy) is 3. The van der Waals surface area contributed by atoms with Gasteiger partial charge in [0.25, 0.3) is 11.6 Å². The molecule has 0 radical (unpaired) electrons. The Morgan fingerprint density at radius 3 is 2.64 bits per heavy atom. The maximum absolute atomic E-state index is 13.7. The number of amides is 1. The van der Waals surface area contributed by atoms with E-state index < -0.39 is 29.2 Å². The number of carbonyl (C=O) groups excluding carboxylic acids is 2. The van der Waals surface area contributed by atoms with E-state index in [1.54, 1.807) is 18.2 Å². The number of benzene rings is 2. The zero-order valence-corrected chi connectivity index (χ0v) is 14.5. The van der Waals surface area contributed by atoms with Gasteiger partial charge in [0, 0.05) is 12.1 Å². The molecule has 1 N–H and O–H groups in total. The van der Waals surface area contributed by atoms with Crippen molar-refractivity contribution in [1.82, 2.24) is 0 Å². The number of nitrogens with one attached hydrogen (secondary N) is 1. The lowest BCUT2D eigenvalue weighted by Crippen LogP contribution is -2.22. The van der Waals surface area contributed by atoms with Gasteiger partial charge in [0.1, 0.15) is 19.0 Å². The van der Waals surface area contributed by atoms with E-state index in [0.29, 0.717) is 30.3 Å². The third kappa shape index (κ3) is 4.72. The molecular formula is C18H15FN2O7. The van der Waals surface area contributed by atoms with Gasteiger partial charge in [-0.15, -0.1) is 0 Å². The average Bonchev–Trinajstić information content (AvgIpc) is 2.68. The van der Waals surface area contributed by atoms with Gasteiger partial charge in [-0.1, -0.05) is 6.07 Å². The second-order valence-electron chi connectivity index (χ2n) is 5.78. The number of hydrogen-bond donors (Lipinski definition) is 1. The molecule has 2 aromatic rings. The topological polar surface area (TPSA) is 117 Å². The van der Waals surface area contributed by atoms with E-state index in [1.807, 2.05) is 0 Å². The van der Waals surface area contributed by atoms with Crippen molar-refractivity contribution in [1.29, 1.82) is 0 Å². The van der Waals surface area contributed by atoms with Gasteiger partial charge in [-0.25, -0.2) is 4.39 Å². The Kier molecular flexibility index (Phi) is 5.68. The quantitative estimate of drug-likeness (QED) is 0.457. The lowest BCUT2D eigenvalue weighted by atomic mass is 10.1. The van der Waals surface area contributed by atoms with Crippen molar-refractivity contribution in [3.63, 3.8) is 0 Å². The zero-order valence-electron chi connectivity index (χ0n) is 14.5. The first-order chi connectivity index (χ1) is 13.4. The largest absolute Gasteiger partial charge is 0.486 e. The van der Waals surface area contributed by atoms with Crippen molar-refractivity contribution in [2.24, 2.45) is 0 Å². The second kappa shape index (κ2) is 8.33. The van der Waals surface area contributed by atoms with E-state index in [-0.39, 0.29) is 17.8 Å². The summed E-state index contributed by atoms with van der Waals surface area (Å²) >= 11 is 0. The van der Waals surface area contributed by atoms with Crippen LogP contribution < -0.4 is 14.8 Å². The van der Waals surface area contributed by atoms with Crippen LogP contribution in [0.15, 0.2) is 36.4 Å². The molecule has 9 nitrogen and oxygen atoms in total. The minimum atomic E-state index is -0.846. The normalized spacial score (nSPS) is 12.2. The van der Waals surface area contributed by atoms with E-state index in [1.165, 1.54) is 0 Å². The van der Waals surface area contributed by atoms with Crippen molar-refractivity contribution in [2.45, 2.75) is 6.42 Å². The number of esters is 1. The van der Waals surface area contributed by atoms with Gasteiger partial charge in [0.05, 0.1) is 17.0 Å². The molecule has 28 heavy (non-hydrogen) atoms. The third-order valence-electron chi connectivity index (χ3n) is 3.75. The molecule has 3 rings (SSSR count). The lowest BCUT2D eigenvalue weighted by Gasteiger charge is -2.18. The summed E-state index contributed by atoms with van der Waals surface area (Å²) in [7, 11) is 0. The Hall–Kier alpha value is -3.69. The summed E-state index contributed by atoms with van der Waals surface area (Å²) in [5, 5.41) is 12.8. The molecule has 0 atom stereocenters. The Labute approximate surface area is 158 Å². The number of hydrogen-bond acceptors (Lipinski definition) is 7. The molecule has 0 fully saturated rings. The molecule has 146 valence electrons. The number of halogens is 1. The van der Waals surface area contributed by atoms with E-state index in [9.17, 15) is 24.1 Å². The van der Waals surface area contributed by atoms with Gasteiger partial charge in [-0.3, -0.25) is 19.7 Å². The van der Waals surface area contributed by atoms with Crippen LogP contribution >= 0.6 is 0 Å². The first-order valence-electron chi connectivity index (χ1n) is 8.20. The van der Waals surface area contributed by atoms with Gasteiger partial charge in [0.2, 0.25) is 0 Å². The molecule has 0 aliphatic carbocycles. The summed E-state index contributed by atoms with van der Waals surface area (Å²) in [6.07, 6.45) is -0.102. The van der Waals surface area contributed by atoms with Crippen molar-refractivity contribution in [3.05, 3.63) is 57.9 Å². The molecule has 0 spiro atoms. The first kappa shape index (κ1) is 19.1. The Balaban J connectivity index is 1.52. The molecule has 2 aromatic carbocycles. The summed E-state index contributed by atoms with van der Waals surface area (Å²) in [4.78, 5) is 33.7. The van der Waals surface area contributed by atoms with Crippen LogP contribution in [0.4, 0.5) is 15.8 Å². The molecule has 10 heteroatoms. The van der Waals surface area contributed by atoms with Gasteiger partial charge in [-0.05, 0) is 23.8 Å². The molecule has 1 amide bonds. The van der Waals surface area contributed by atoms with Crippen LogP contribution in [0.1, 0.15) is 5.56 Å². The van der Waals surface area contributed by atoms with E-state index in [0.717, 1.165) is 18.2 Å². The highest BCUT2D eigenvalue weighted by atomic mass is 19.1. The van der Waals surface area contributed by atoms with Crippen molar-refractivity contribution < 1.29 is 33.1 Å². The molecule has 1 aliphatic heterocycles. The molecule has 1 heterocycles. The summed E-state index contributed by atoms with van der Waals surface area (Å²) in [6, 6.07) is 7.71. The Morgan fingerprint density at radius 2 is 1.89 bits per heavy atom. The van der Waals surface area contributed by atoms with E-state index >= 15 is 0 Å². The maximum atomic E-state index is 13.7. The number of nitro benzene ring substituents is 1. The van der Waals surface area contributed by atoms with Gasteiger partial charge in [0.15, 0.2) is 18.1 Å². The molecule has 0 saturated carbocycles. The molecule has 0 aromatic heterocycles. The fourth-order valence-electron chi connectivity index (χ4n) is 2.47. The highest BCUT2D eigenvalue weighted by molar-refractivity contribution is 5.93. The fourth-order valence-corrected chi connectivity index (χ4v) is 2.47. The van der Waals surface area contributed by atoms with Crippen LogP contribution in [-0.4, -0.2) is 36.6 Å². The van der Waals surface area contributed by atoms with Crippen LogP contribution in [0.2, 0.25) is 0 Å². The van der Waals surface area contributed by atoms with Gasteiger partial charge < -0.3 is 19.5 Å².